The van der Waals surface area contributed by atoms with E-state index in [1.54, 1.807) is 12.1 Å². The minimum Gasteiger partial charge on any atom is -0.456 e. The molecule has 0 amide bonds. The van der Waals surface area contributed by atoms with Crippen molar-refractivity contribution in [1.29, 1.82) is 0 Å². The van der Waals surface area contributed by atoms with Crippen LogP contribution in [0.4, 0.5) is 8.78 Å². The highest BCUT2D eigenvalue weighted by atomic mass is 19.1. The van der Waals surface area contributed by atoms with Crippen LogP contribution in [0.1, 0.15) is 5.56 Å². The van der Waals surface area contributed by atoms with Gasteiger partial charge in [-0.25, -0.2) is 8.78 Å². The van der Waals surface area contributed by atoms with Crippen LogP contribution in [0.2, 0.25) is 0 Å². The number of fused-ring (bicyclic) bond motifs is 2. The van der Waals surface area contributed by atoms with Gasteiger partial charge in [-0.1, -0.05) is 54.1 Å². The molecule has 34 heavy (non-hydrogen) atoms. The van der Waals surface area contributed by atoms with Gasteiger partial charge in [0.25, 0.3) is 6.01 Å². The molecule has 2 aliphatic rings. The first-order valence-electron chi connectivity index (χ1n) is 11.1. The standard InChI is InChI=1S/C26H22F2N2O4/c1-13-2-4-14(5-3-13)15-6-8-16(9-7-15)21-17(27)10-18-23(22(21)28)30-26(29-18)34-20-12-33-24-19(31)11-32-25(20)24/h2-10,19-20,24-25,31H,11-12H2,1H3,(H,29,30)/t19-,20+,24+,25+/m1/s1. The first-order valence-corrected chi connectivity index (χ1v) is 11.1. The summed E-state index contributed by atoms with van der Waals surface area (Å²) in [4.78, 5) is 7.04. The minimum absolute atomic E-state index is 0.0168. The molecule has 2 N–H and O–H groups in total. The lowest BCUT2D eigenvalue weighted by molar-refractivity contribution is 0.00706. The number of hydrogen-bond acceptors (Lipinski definition) is 5. The number of rotatable bonds is 4. The Balaban J connectivity index is 1.29. The fraction of sp³-hybridized carbons (Fsp3) is 0.269. The van der Waals surface area contributed by atoms with Crippen molar-refractivity contribution in [3.63, 3.8) is 0 Å². The summed E-state index contributed by atoms with van der Waals surface area (Å²) in [5.74, 6) is -1.47. The van der Waals surface area contributed by atoms with Crippen LogP contribution in [-0.2, 0) is 9.47 Å². The highest BCUT2D eigenvalue weighted by Crippen LogP contribution is 2.34. The third-order valence-corrected chi connectivity index (χ3v) is 6.45. The average molecular weight is 464 g/mol. The maximum absolute atomic E-state index is 15.4. The van der Waals surface area contributed by atoms with E-state index in [4.69, 9.17) is 14.2 Å². The summed E-state index contributed by atoms with van der Waals surface area (Å²) in [6.07, 6.45) is -2.12. The fourth-order valence-corrected chi connectivity index (χ4v) is 4.64. The third-order valence-electron chi connectivity index (χ3n) is 6.45. The molecular formula is C26H22F2N2O4. The molecule has 2 aliphatic heterocycles. The first-order chi connectivity index (χ1) is 16.5. The molecule has 8 heteroatoms. The van der Waals surface area contributed by atoms with Gasteiger partial charge >= 0.3 is 0 Å². The summed E-state index contributed by atoms with van der Waals surface area (Å²) < 4.78 is 47.3. The van der Waals surface area contributed by atoms with Gasteiger partial charge in [-0.15, -0.1) is 0 Å². The molecule has 4 atom stereocenters. The Morgan fingerprint density at radius 1 is 0.941 bits per heavy atom. The summed E-state index contributed by atoms with van der Waals surface area (Å²) >= 11 is 0. The van der Waals surface area contributed by atoms with E-state index < -0.39 is 36.1 Å². The number of nitrogens with one attached hydrogen (secondary N) is 1. The number of benzene rings is 3. The SMILES string of the molecule is Cc1ccc(-c2ccc(-c3c(F)cc4[nH]c(O[C@H]5CO[C@@H]6[C@H]5OC[C@H]6O)nc4c3F)cc2)cc1. The van der Waals surface area contributed by atoms with Crippen LogP contribution in [0.25, 0.3) is 33.3 Å². The van der Waals surface area contributed by atoms with Gasteiger partial charge in [-0.3, -0.25) is 0 Å². The third kappa shape index (κ3) is 3.55. The molecule has 0 aliphatic carbocycles. The monoisotopic (exact) mass is 464 g/mol. The number of aliphatic hydroxyl groups excluding tert-OH is 1. The summed E-state index contributed by atoms with van der Waals surface area (Å²) in [5.41, 5.74) is 3.58. The predicted molar refractivity (Wildman–Crippen MR) is 122 cm³/mol. The first kappa shape index (κ1) is 21.2. The predicted octanol–water partition coefficient (Wildman–Crippen LogP) is 4.39. The molecule has 6 rings (SSSR count). The maximum Gasteiger partial charge on any atom is 0.295 e. The molecule has 0 saturated carbocycles. The van der Waals surface area contributed by atoms with Gasteiger partial charge in [0.1, 0.15) is 29.6 Å². The number of hydrogen-bond donors (Lipinski definition) is 2. The van der Waals surface area contributed by atoms with Gasteiger partial charge in [-0.05, 0) is 23.6 Å². The second-order valence-electron chi connectivity index (χ2n) is 8.75. The van der Waals surface area contributed by atoms with E-state index in [1.807, 2.05) is 43.3 Å². The van der Waals surface area contributed by atoms with Gasteiger partial charge in [0.2, 0.25) is 0 Å². The quantitative estimate of drug-likeness (QED) is 0.469. The Morgan fingerprint density at radius 2 is 1.59 bits per heavy atom. The number of imidazole rings is 1. The largest absolute Gasteiger partial charge is 0.456 e. The lowest BCUT2D eigenvalue weighted by Gasteiger charge is -2.15. The lowest BCUT2D eigenvalue weighted by atomic mass is 9.99. The van der Waals surface area contributed by atoms with E-state index in [-0.39, 0.29) is 35.8 Å². The Hall–Kier alpha value is -3.33. The number of aromatic amines is 1. The molecule has 1 aromatic heterocycles. The smallest absolute Gasteiger partial charge is 0.295 e. The zero-order chi connectivity index (χ0) is 23.4. The molecule has 0 bridgehead atoms. The molecule has 0 spiro atoms. The topological polar surface area (TPSA) is 76.6 Å². The summed E-state index contributed by atoms with van der Waals surface area (Å²) in [5, 5.41) is 9.88. The van der Waals surface area contributed by atoms with Crippen LogP contribution in [0, 0.1) is 18.6 Å². The minimum atomic E-state index is -0.766. The van der Waals surface area contributed by atoms with Crippen LogP contribution in [0.15, 0.2) is 54.6 Å². The summed E-state index contributed by atoms with van der Waals surface area (Å²) in [6, 6.07) is 16.4. The second-order valence-corrected chi connectivity index (χ2v) is 8.75. The Labute approximate surface area is 194 Å². The van der Waals surface area contributed by atoms with Crippen molar-refractivity contribution in [3.8, 4) is 28.3 Å². The van der Waals surface area contributed by atoms with E-state index in [2.05, 4.69) is 9.97 Å². The second kappa shape index (κ2) is 8.16. The molecule has 6 nitrogen and oxygen atoms in total. The van der Waals surface area contributed by atoms with E-state index >= 15 is 4.39 Å². The molecule has 2 fully saturated rings. The van der Waals surface area contributed by atoms with Gasteiger partial charge in [0.05, 0.1) is 24.3 Å². The summed E-state index contributed by atoms with van der Waals surface area (Å²) in [6.45, 7) is 2.39. The fourth-order valence-electron chi connectivity index (χ4n) is 4.64. The molecule has 174 valence electrons. The van der Waals surface area contributed by atoms with Crippen LogP contribution in [0.5, 0.6) is 6.01 Å². The lowest BCUT2D eigenvalue weighted by Crippen LogP contribution is -2.34. The van der Waals surface area contributed by atoms with Crippen LogP contribution < -0.4 is 4.74 Å². The van der Waals surface area contributed by atoms with Crippen molar-refractivity contribution in [2.45, 2.75) is 31.3 Å². The van der Waals surface area contributed by atoms with Gasteiger partial charge in [0, 0.05) is 6.07 Å². The molecule has 4 aromatic rings. The van der Waals surface area contributed by atoms with Crippen molar-refractivity contribution >= 4 is 11.0 Å². The van der Waals surface area contributed by atoms with E-state index in [1.165, 1.54) is 6.07 Å². The average Bonchev–Trinajstić information content (AvgIpc) is 3.52. The van der Waals surface area contributed by atoms with Crippen molar-refractivity contribution < 1.29 is 28.1 Å². The van der Waals surface area contributed by atoms with Crippen LogP contribution >= 0.6 is 0 Å². The number of aryl methyl sites for hydroxylation is 1. The van der Waals surface area contributed by atoms with Crippen molar-refractivity contribution in [3.05, 3.63) is 71.8 Å². The zero-order valence-corrected chi connectivity index (χ0v) is 18.3. The van der Waals surface area contributed by atoms with Crippen molar-refractivity contribution in [2.24, 2.45) is 0 Å². The molecule has 0 radical (unpaired) electrons. The molecular weight excluding hydrogens is 442 g/mol. The van der Waals surface area contributed by atoms with Crippen LogP contribution in [0.3, 0.4) is 0 Å². The van der Waals surface area contributed by atoms with E-state index in [9.17, 15) is 9.50 Å². The Bertz CT molecular complexity index is 1350. The Kier molecular flexibility index (Phi) is 5.09. The molecule has 2 saturated heterocycles. The molecule has 3 aromatic carbocycles. The Morgan fingerprint density at radius 3 is 2.32 bits per heavy atom. The van der Waals surface area contributed by atoms with Gasteiger partial charge in [-0.2, -0.15) is 4.98 Å². The highest BCUT2D eigenvalue weighted by molar-refractivity contribution is 5.84. The van der Waals surface area contributed by atoms with Gasteiger partial charge < -0.3 is 24.3 Å². The van der Waals surface area contributed by atoms with E-state index in [0.717, 1.165) is 16.7 Å². The number of aliphatic hydroxyl groups is 1. The van der Waals surface area contributed by atoms with Crippen molar-refractivity contribution in [1.82, 2.24) is 9.97 Å². The number of nitrogens with zero attached hydrogens (tertiary/aromatic N) is 1. The molecule has 0 unspecified atom stereocenters. The number of aromatic nitrogens is 2. The number of ether oxygens (including phenoxy) is 3. The molecule has 3 heterocycles. The van der Waals surface area contributed by atoms with Gasteiger partial charge in [0.15, 0.2) is 11.9 Å². The van der Waals surface area contributed by atoms with Crippen LogP contribution in [-0.4, -0.2) is 52.7 Å². The zero-order valence-electron chi connectivity index (χ0n) is 18.3. The van der Waals surface area contributed by atoms with Crippen molar-refractivity contribution in [2.75, 3.05) is 13.2 Å². The van der Waals surface area contributed by atoms with E-state index in [0.29, 0.717) is 5.56 Å². The normalized spacial score (nSPS) is 24.0. The maximum atomic E-state index is 15.4. The highest BCUT2D eigenvalue weighted by Gasteiger charge is 2.48. The number of H-pyrrole nitrogens is 1. The number of halogens is 2. The summed E-state index contributed by atoms with van der Waals surface area (Å²) in [7, 11) is 0.